The van der Waals surface area contributed by atoms with E-state index in [1.165, 1.54) is 11.1 Å². The van der Waals surface area contributed by atoms with Gasteiger partial charge < -0.3 is 14.7 Å². The lowest BCUT2D eigenvalue weighted by molar-refractivity contribution is -0.143. The van der Waals surface area contributed by atoms with Crippen LogP contribution >= 0.6 is 0 Å². The van der Waals surface area contributed by atoms with Gasteiger partial charge in [0.25, 0.3) is 0 Å². The molecule has 1 aliphatic rings. The minimum atomic E-state index is -0.965. The number of hydrogen-bond acceptors (Lipinski definition) is 4. The molecule has 2 aromatic carbocycles. The van der Waals surface area contributed by atoms with Gasteiger partial charge in [0.1, 0.15) is 5.60 Å². The van der Waals surface area contributed by atoms with Gasteiger partial charge in [0.15, 0.2) is 0 Å². The Balaban J connectivity index is 1.59. The van der Waals surface area contributed by atoms with E-state index in [9.17, 15) is 9.90 Å². The van der Waals surface area contributed by atoms with Crippen molar-refractivity contribution in [1.82, 2.24) is 4.90 Å². The predicted octanol–water partition coefficient (Wildman–Crippen LogP) is 5.37. The number of esters is 1. The van der Waals surface area contributed by atoms with Crippen molar-refractivity contribution >= 4 is 5.97 Å². The van der Waals surface area contributed by atoms with Crippen LogP contribution in [0.4, 0.5) is 0 Å². The van der Waals surface area contributed by atoms with Gasteiger partial charge in [-0.05, 0) is 83.1 Å². The number of benzene rings is 2. The largest absolute Gasteiger partial charge is 0.466 e. The van der Waals surface area contributed by atoms with Gasteiger partial charge >= 0.3 is 5.97 Å². The summed E-state index contributed by atoms with van der Waals surface area (Å²) in [4.78, 5) is 14.0. The quantitative estimate of drug-likeness (QED) is 0.401. The van der Waals surface area contributed by atoms with Crippen LogP contribution in [0.25, 0.3) is 0 Å². The number of unbranched alkanes of at least 4 members (excludes halogenated alkanes) is 2. The van der Waals surface area contributed by atoms with Crippen LogP contribution in [0.5, 0.6) is 0 Å². The van der Waals surface area contributed by atoms with Crippen LogP contribution in [-0.2, 0) is 15.1 Å². The molecule has 0 amide bonds. The SMILES string of the molecule is CCOC(=O)CCCCCN1CCC(C(O)(c2ccc(C)cc2)c2ccc(C)cc2)CC1. The van der Waals surface area contributed by atoms with Gasteiger partial charge in [-0.25, -0.2) is 0 Å². The summed E-state index contributed by atoms with van der Waals surface area (Å²) in [6.07, 6.45) is 5.52. The zero-order valence-corrected chi connectivity index (χ0v) is 20.0. The molecule has 1 fully saturated rings. The maximum atomic E-state index is 12.1. The first-order chi connectivity index (χ1) is 15.4. The third kappa shape index (κ3) is 6.20. The molecule has 4 heteroatoms. The molecule has 4 nitrogen and oxygen atoms in total. The molecular weight excluding hydrogens is 398 g/mol. The maximum absolute atomic E-state index is 12.1. The monoisotopic (exact) mass is 437 g/mol. The van der Waals surface area contributed by atoms with Crippen LogP contribution < -0.4 is 0 Å². The number of likely N-dealkylation sites (tertiary alicyclic amines) is 1. The standard InChI is InChI=1S/C28H39NO3/c1-4-32-27(30)8-6-5-7-19-29-20-17-26(18-21-29)28(31,24-13-9-22(2)10-14-24)25-15-11-23(3)12-16-25/h9-16,26,31H,4-8,17-21H2,1-3H3. The van der Waals surface area contributed by atoms with E-state index in [1.807, 2.05) is 6.92 Å². The molecule has 1 saturated heterocycles. The van der Waals surface area contributed by atoms with Gasteiger partial charge in [-0.15, -0.1) is 0 Å². The first kappa shape index (κ1) is 24.5. The van der Waals surface area contributed by atoms with E-state index in [-0.39, 0.29) is 11.9 Å². The Morgan fingerprint density at radius 2 is 1.47 bits per heavy atom. The van der Waals surface area contributed by atoms with Crippen LogP contribution in [0.3, 0.4) is 0 Å². The number of rotatable bonds is 10. The first-order valence-electron chi connectivity index (χ1n) is 12.2. The molecule has 3 rings (SSSR count). The van der Waals surface area contributed by atoms with E-state index in [0.29, 0.717) is 13.0 Å². The number of piperidine rings is 1. The zero-order valence-electron chi connectivity index (χ0n) is 20.0. The molecule has 0 saturated carbocycles. The molecule has 0 unspecified atom stereocenters. The molecule has 0 aliphatic carbocycles. The normalized spacial score (nSPS) is 15.6. The molecule has 0 radical (unpaired) electrons. The number of ether oxygens (including phenoxy) is 1. The van der Waals surface area contributed by atoms with Gasteiger partial charge in [-0.2, -0.15) is 0 Å². The molecule has 1 aliphatic heterocycles. The molecule has 0 bridgehead atoms. The van der Waals surface area contributed by atoms with Crippen molar-refractivity contribution in [3.8, 4) is 0 Å². The fourth-order valence-electron chi connectivity index (χ4n) is 4.84. The Morgan fingerprint density at radius 1 is 0.938 bits per heavy atom. The van der Waals surface area contributed by atoms with Gasteiger partial charge in [-0.1, -0.05) is 66.1 Å². The van der Waals surface area contributed by atoms with Crippen LogP contribution in [0, 0.1) is 19.8 Å². The summed E-state index contributed by atoms with van der Waals surface area (Å²) in [7, 11) is 0. The van der Waals surface area contributed by atoms with E-state index in [2.05, 4.69) is 67.3 Å². The van der Waals surface area contributed by atoms with Gasteiger partial charge in [0, 0.05) is 6.42 Å². The number of aliphatic hydroxyl groups is 1. The minimum absolute atomic E-state index is 0.0835. The summed E-state index contributed by atoms with van der Waals surface area (Å²) < 4.78 is 4.99. The highest BCUT2D eigenvalue weighted by Gasteiger charge is 2.41. The van der Waals surface area contributed by atoms with Crippen molar-refractivity contribution in [3.63, 3.8) is 0 Å². The minimum Gasteiger partial charge on any atom is -0.466 e. The zero-order chi connectivity index (χ0) is 23.0. The van der Waals surface area contributed by atoms with Crippen molar-refractivity contribution in [2.75, 3.05) is 26.2 Å². The number of aryl methyl sites for hydroxylation is 2. The highest BCUT2D eigenvalue weighted by atomic mass is 16.5. The van der Waals surface area contributed by atoms with Gasteiger partial charge in [0.2, 0.25) is 0 Å². The lowest BCUT2D eigenvalue weighted by Crippen LogP contribution is -2.44. The summed E-state index contributed by atoms with van der Waals surface area (Å²) in [6.45, 7) is 9.54. The molecule has 174 valence electrons. The molecule has 0 atom stereocenters. The van der Waals surface area contributed by atoms with Crippen molar-refractivity contribution < 1.29 is 14.6 Å². The second-order valence-electron chi connectivity index (χ2n) is 9.23. The smallest absolute Gasteiger partial charge is 0.305 e. The second kappa shape index (κ2) is 11.6. The number of hydrogen-bond donors (Lipinski definition) is 1. The molecule has 1 N–H and O–H groups in total. The fourth-order valence-corrected chi connectivity index (χ4v) is 4.84. The second-order valence-corrected chi connectivity index (χ2v) is 9.23. The first-order valence-corrected chi connectivity index (χ1v) is 12.2. The summed E-state index contributed by atoms with van der Waals surface area (Å²) in [5.41, 5.74) is 3.43. The van der Waals surface area contributed by atoms with E-state index in [1.54, 1.807) is 0 Å². The van der Waals surface area contributed by atoms with E-state index in [0.717, 1.165) is 62.9 Å². The van der Waals surface area contributed by atoms with Crippen LogP contribution in [0.15, 0.2) is 48.5 Å². The van der Waals surface area contributed by atoms with E-state index >= 15 is 0 Å². The number of carbonyl (C=O) groups is 1. The number of carbonyl (C=O) groups excluding carboxylic acids is 1. The van der Waals surface area contributed by atoms with Crippen LogP contribution in [0.2, 0.25) is 0 Å². The highest BCUT2D eigenvalue weighted by Crippen LogP contribution is 2.42. The molecule has 1 heterocycles. The van der Waals surface area contributed by atoms with Gasteiger partial charge in [-0.3, -0.25) is 4.79 Å². The van der Waals surface area contributed by atoms with Gasteiger partial charge in [0.05, 0.1) is 6.61 Å². The summed E-state index contributed by atoms with van der Waals surface area (Å²) >= 11 is 0. The Hall–Kier alpha value is -2.17. The topological polar surface area (TPSA) is 49.8 Å². The van der Waals surface area contributed by atoms with Crippen molar-refractivity contribution in [1.29, 1.82) is 0 Å². The Labute approximate surface area is 193 Å². The predicted molar refractivity (Wildman–Crippen MR) is 130 cm³/mol. The summed E-state index contributed by atoms with van der Waals surface area (Å²) in [5, 5.41) is 12.1. The molecule has 32 heavy (non-hydrogen) atoms. The number of nitrogens with zero attached hydrogens (tertiary/aromatic N) is 1. The van der Waals surface area contributed by atoms with Crippen molar-refractivity contribution in [3.05, 3.63) is 70.8 Å². The third-order valence-corrected chi connectivity index (χ3v) is 6.82. The molecular formula is C28H39NO3. The molecule has 2 aromatic rings. The molecule has 0 spiro atoms. The average molecular weight is 438 g/mol. The fraction of sp³-hybridized carbons (Fsp3) is 0.536. The third-order valence-electron chi connectivity index (χ3n) is 6.82. The average Bonchev–Trinajstić information content (AvgIpc) is 2.80. The van der Waals surface area contributed by atoms with E-state index in [4.69, 9.17) is 4.74 Å². The van der Waals surface area contributed by atoms with Crippen LogP contribution in [0.1, 0.15) is 67.7 Å². The van der Waals surface area contributed by atoms with Crippen molar-refractivity contribution in [2.45, 2.75) is 64.9 Å². The van der Waals surface area contributed by atoms with Crippen molar-refractivity contribution in [2.24, 2.45) is 5.92 Å². The lowest BCUT2D eigenvalue weighted by Gasteiger charge is -2.42. The lowest BCUT2D eigenvalue weighted by atomic mass is 9.72. The van der Waals surface area contributed by atoms with E-state index < -0.39 is 5.60 Å². The Morgan fingerprint density at radius 3 is 1.97 bits per heavy atom. The summed E-state index contributed by atoms with van der Waals surface area (Å²) in [6, 6.07) is 16.7. The van der Waals surface area contributed by atoms with Crippen LogP contribution in [-0.4, -0.2) is 42.2 Å². The summed E-state index contributed by atoms with van der Waals surface area (Å²) in [5.74, 6) is 0.104. The molecule has 0 aromatic heterocycles. The Bertz CT molecular complexity index is 790. The Kier molecular flexibility index (Phi) is 8.89. The highest BCUT2D eigenvalue weighted by molar-refractivity contribution is 5.69. The maximum Gasteiger partial charge on any atom is 0.305 e.